The third-order valence-corrected chi connectivity index (χ3v) is 3.68. The highest BCUT2D eigenvalue weighted by atomic mass is 127. The maximum atomic E-state index is 10.5. The molecule has 1 aromatic carbocycles. The van der Waals surface area contributed by atoms with E-state index in [2.05, 4.69) is 38.5 Å². The molecule has 1 rings (SSSR count). The van der Waals surface area contributed by atoms with Crippen molar-refractivity contribution in [2.24, 2.45) is 0 Å². The average molecular weight is 327 g/mol. The SMILES string of the molecule is O=C(O)c1cccc(I)c1Br. The van der Waals surface area contributed by atoms with E-state index in [9.17, 15) is 4.79 Å². The predicted molar refractivity (Wildman–Crippen MR) is 53.8 cm³/mol. The minimum absolute atomic E-state index is 0.303. The van der Waals surface area contributed by atoms with Crippen LogP contribution in [0.3, 0.4) is 0 Å². The molecule has 1 aromatic rings. The number of halogens is 2. The number of benzene rings is 1. The molecule has 0 saturated heterocycles. The van der Waals surface area contributed by atoms with E-state index in [1.165, 1.54) is 0 Å². The Kier molecular flexibility index (Phi) is 2.89. The van der Waals surface area contributed by atoms with Crippen LogP contribution in [0.2, 0.25) is 0 Å². The topological polar surface area (TPSA) is 37.3 Å². The lowest BCUT2D eigenvalue weighted by molar-refractivity contribution is 0.0696. The summed E-state index contributed by atoms with van der Waals surface area (Å²) in [7, 11) is 0. The Morgan fingerprint density at radius 1 is 1.55 bits per heavy atom. The van der Waals surface area contributed by atoms with Crippen molar-refractivity contribution in [3.8, 4) is 0 Å². The molecule has 58 valence electrons. The van der Waals surface area contributed by atoms with Crippen molar-refractivity contribution in [2.45, 2.75) is 0 Å². The molecule has 1 N–H and O–H groups in total. The predicted octanol–water partition coefficient (Wildman–Crippen LogP) is 2.75. The first-order valence-corrected chi connectivity index (χ1v) is 4.67. The maximum Gasteiger partial charge on any atom is 0.336 e. The summed E-state index contributed by atoms with van der Waals surface area (Å²) >= 11 is 5.27. The van der Waals surface area contributed by atoms with Gasteiger partial charge in [0.25, 0.3) is 0 Å². The van der Waals surface area contributed by atoms with Gasteiger partial charge in [-0.3, -0.25) is 0 Å². The van der Waals surface area contributed by atoms with E-state index in [0.717, 1.165) is 3.57 Å². The molecule has 0 aliphatic heterocycles. The van der Waals surface area contributed by atoms with Gasteiger partial charge in [-0.2, -0.15) is 0 Å². The Balaban J connectivity index is 3.27. The minimum Gasteiger partial charge on any atom is -0.478 e. The van der Waals surface area contributed by atoms with E-state index in [1.807, 2.05) is 6.07 Å². The number of carboxylic acids is 1. The zero-order valence-electron chi connectivity index (χ0n) is 5.34. The van der Waals surface area contributed by atoms with Crippen LogP contribution in [0.4, 0.5) is 0 Å². The Morgan fingerprint density at radius 2 is 2.18 bits per heavy atom. The number of carboxylic acid groups (broad SMARTS) is 1. The van der Waals surface area contributed by atoms with Crippen LogP contribution in [0.25, 0.3) is 0 Å². The summed E-state index contributed by atoms with van der Waals surface area (Å²) in [6, 6.07) is 5.13. The van der Waals surface area contributed by atoms with Crippen LogP contribution < -0.4 is 0 Å². The Labute approximate surface area is 85.9 Å². The standard InChI is InChI=1S/C7H4BrIO2/c8-6-4(7(10)11)2-1-3-5(6)9/h1-3H,(H,10,11). The van der Waals surface area contributed by atoms with Crippen LogP contribution in [-0.2, 0) is 0 Å². The van der Waals surface area contributed by atoms with Gasteiger partial charge in [0, 0.05) is 8.04 Å². The largest absolute Gasteiger partial charge is 0.478 e. The van der Waals surface area contributed by atoms with Gasteiger partial charge in [-0.05, 0) is 50.7 Å². The zero-order chi connectivity index (χ0) is 8.43. The van der Waals surface area contributed by atoms with Gasteiger partial charge in [-0.1, -0.05) is 6.07 Å². The Bertz CT molecular complexity index is 298. The van der Waals surface area contributed by atoms with Gasteiger partial charge < -0.3 is 5.11 Å². The monoisotopic (exact) mass is 326 g/mol. The summed E-state index contributed by atoms with van der Waals surface area (Å²) < 4.78 is 1.55. The molecule has 0 amide bonds. The quantitative estimate of drug-likeness (QED) is 0.806. The first-order chi connectivity index (χ1) is 5.13. The van der Waals surface area contributed by atoms with E-state index in [-0.39, 0.29) is 0 Å². The van der Waals surface area contributed by atoms with Crippen LogP contribution >= 0.6 is 38.5 Å². The van der Waals surface area contributed by atoms with Crippen LogP contribution in [0.15, 0.2) is 22.7 Å². The van der Waals surface area contributed by atoms with E-state index >= 15 is 0 Å². The molecule has 11 heavy (non-hydrogen) atoms. The molecule has 4 heteroatoms. The molecular formula is C7H4BrIO2. The molecule has 0 aliphatic carbocycles. The van der Waals surface area contributed by atoms with Crippen LogP contribution in [-0.4, -0.2) is 11.1 Å². The molecular weight excluding hydrogens is 323 g/mol. The fraction of sp³-hybridized carbons (Fsp3) is 0. The molecule has 0 radical (unpaired) electrons. The number of carbonyl (C=O) groups is 1. The second-order valence-electron chi connectivity index (χ2n) is 1.91. The third kappa shape index (κ3) is 1.93. The van der Waals surface area contributed by atoms with Crippen LogP contribution in [0, 0.1) is 3.57 Å². The second kappa shape index (κ2) is 3.53. The van der Waals surface area contributed by atoms with Gasteiger partial charge in [0.1, 0.15) is 0 Å². The van der Waals surface area contributed by atoms with Crippen molar-refractivity contribution < 1.29 is 9.90 Å². The summed E-state index contributed by atoms with van der Waals surface area (Å²) in [4.78, 5) is 10.5. The fourth-order valence-corrected chi connectivity index (χ4v) is 1.60. The van der Waals surface area contributed by atoms with Crippen molar-refractivity contribution in [3.05, 3.63) is 31.8 Å². The van der Waals surface area contributed by atoms with E-state index in [1.54, 1.807) is 12.1 Å². The lowest BCUT2D eigenvalue weighted by Gasteiger charge is -1.99. The molecule has 0 saturated carbocycles. The Hall–Kier alpha value is -0.100. The minimum atomic E-state index is -0.907. The molecule has 2 nitrogen and oxygen atoms in total. The van der Waals surface area contributed by atoms with E-state index < -0.39 is 5.97 Å². The number of hydrogen-bond donors (Lipinski definition) is 1. The summed E-state index contributed by atoms with van der Waals surface area (Å²) in [6.07, 6.45) is 0. The van der Waals surface area contributed by atoms with E-state index in [4.69, 9.17) is 5.11 Å². The highest BCUT2D eigenvalue weighted by molar-refractivity contribution is 14.1. The van der Waals surface area contributed by atoms with Gasteiger partial charge in [-0.25, -0.2) is 4.79 Å². The number of aromatic carboxylic acids is 1. The van der Waals surface area contributed by atoms with Crippen molar-refractivity contribution in [1.29, 1.82) is 0 Å². The number of rotatable bonds is 1. The molecule has 0 unspecified atom stereocenters. The van der Waals surface area contributed by atoms with Crippen molar-refractivity contribution in [3.63, 3.8) is 0 Å². The molecule has 0 heterocycles. The van der Waals surface area contributed by atoms with Crippen LogP contribution in [0.1, 0.15) is 10.4 Å². The maximum absolute atomic E-state index is 10.5. The van der Waals surface area contributed by atoms with Gasteiger partial charge in [-0.15, -0.1) is 0 Å². The normalized spacial score (nSPS) is 9.64. The Morgan fingerprint density at radius 3 is 2.64 bits per heavy atom. The van der Waals surface area contributed by atoms with Crippen molar-refractivity contribution in [1.82, 2.24) is 0 Å². The molecule has 0 aliphatic rings. The molecule has 0 bridgehead atoms. The lowest BCUT2D eigenvalue weighted by atomic mass is 10.2. The highest BCUT2D eigenvalue weighted by Crippen LogP contribution is 2.22. The average Bonchev–Trinajstić information content (AvgIpc) is 1.94. The van der Waals surface area contributed by atoms with Crippen molar-refractivity contribution >= 4 is 44.5 Å². The van der Waals surface area contributed by atoms with Crippen LogP contribution in [0.5, 0.6) is 0 Å². The van der Waals surface area contributed by atoms with Gasteiger partial charge in [0.2, 0.25) is 0 Å². The van der Waals surface area contributed by atoms with Crippen molar-refractivity contribution in [2.75, 3.05) is 0 Å². The smallest absolute Gasteiger partial charge is 0.336 e. The molecule has 0 aromatic heterocycles. The molecule has 0 spiro atoms. The summed E-state index contributed by atoms with van der Waals surface area (Å²) in [5.74, 6) is -0.907. The van der Waals surface area contributed by atoms with Gasteiger partial charge in [0.05, 0.1) is 5.56 Å². The van der Waals surface area contributed by atoms with E-state index in [0.29, 0.717) is 10.0 Å². The van der Waals surface area contributed by atoms with Gasteiger partial charge in [0.15, 0.2) is 0 Å². The molecule has 0 fully saturated rings. The fourth-order valence-electron chi connectivity index (χ4n) is 0.669. The summed E-state index contributed by atoms with van der Waals surface area (Å²) in [5, 5.41) is 8.66. The summed E-state index contributed by atoms with van der Waals surface area (Å²) in [6.45, 7) is 0. The summed E-state index contributed by atoms with van der Waals surface area (Å²) in [5.41, 5.74) is 0.303. The van der Waals surface area contributed by atoms with Gasteiger partial charge >= 0.3 is 5.97 Å². The first-order valence-electron chi connectivity index (χ1n) is 2.80. The first kappa shape index (κ1) is 8.99. The molecule has 0 atom stereocenters. The lowest BCUT2D eigenvalue weighted by Crippen LogP contribution is -1.97. The second-order valence-corrected chi connectivity index (χ2v) is 3.86. The third-order valence-electron chi connectivity index (χ3n) is 1.18. The number of hydrogen-bond acceptors (Lipinski definition) is 1. The highest BCUT2D eigenvalue weighted by Gasteiger charge is 2.08. The zero-order valence-corrected chi connectivity index (χ0v) is 9.09.